The fourth-order valence-corrected chi connectivity index (χ4v) is 3.70. The zero-order chi connectivity index (χ0) is 13.9. The van der Waals surface area contributed by atoms with Crippen LogP contribution in [-0.4, -0.2) is 32.1 Å². The fraction of sp³-hybridized carbons (Fsp3) is 0.571. The van der Waals surface area contributed by atoms with Gasteiger partial charge in [0.1, 0.15) is 11.9 Å². The molecule has 1 aromatic rings. The first-order valence-corrected chi connectivity index (χ1v) is 8.47. The van der Waals surface area contributed by atoms with Gasteiger partial charge in [-0.05, 0) is 12.5 Å². The molecular weight excluding hydrogens is 262 g/mol. The van der Waals surface area contributed by atoms with Crippen LogP contribution in [0.5, 0.6) is 5.75 Å². The molecule has 1 saturated heterocycles. The molecule has 5 heteroatoms. The van der Waals surface area contributed by atoms with Crippen LogP contribution in [0.15, 0.2) is 24.3 Å². The smallest absolute Gasteiger partial charge is 0.154 e. The van der Waals surface area contributed by atoms with E-state index in [0.717, 1.165) is 17.9 Å². The number of nitrogens with one attached hydrogen (secondary N) is 1. The van der Waals surface area contributed by atoms with Crippen LogP contribution < -0.4 is 10.1 Å². The summed E-state index contributed by atoms with van der Waals surface area (Å²) in [6.45, 7) is 4.91. The molecular formula is C14H21NO3S. The summed E-state index contributed by atoms with van der Waals surface area (Å²) in [4.78, 5) is 0. The highest BCUT2D eigenvalue weighted by molar-refractivity contribution is 7.91. The van der Waals surface area contributed by atoms with Crippen LogP contribution in [0.3, 0.4) is 0 Å². The van der Waals surface area contributed by atoms with Gasteiger partial charge in [-0.2, -0.15) is 0 Å². The molecule has 1 aliphatic rings. The number of ether oxygens (including phenoxy) is 1. The summed E-state index contributed by atoms with van der Waals surface area (Å²) in [6, 6.07) is 8.20. The lowest BCUT2D eigenvalue weighted by molar-refractivity contribution is 0.226. The number of benzene rings is 1. The van der Waals surface area contributed by atoms with Crippen LogP contribution in [0.4, 0.5) is 0 Å². The molecule has 0 radical (unpaired) electrons. The SMILES string of the molecule is CC(C)NCc1ccccc1OC1CCS(=O)(=O)C1. The Bertz CT molecular complexity index is 525. The predicted molar refractivity (Wildman–Crippen MR) is 76.1 cm³/mol. The van der Waals surface area contributed by atoms with Gasteiger partial charge in [-0.25, -0.2) is 8.42 Å². The van der Waals surface area contributed by atoms with Gasteiger partial charge in [0.2, 0.25) is 0 Å². The largest absolute Gasteiger partial charge is 0.489 e. The summed E-state index contributed by atoms with van der Waals surface area (Å²) in [5, 5.41) is 3.35. The molecule has 1 aliphatic heterocycles. The number of hydrogen-bond donors (Lipinski definition) is 1. The minimum absolute atomic E-state index is 0.138. The highest BCUT2D eigenvalue weighted by Gasteiger charge is 2.29. The first kappa shape index (κ1) is 14.3. The second kappa shape index (κ2) is 5.92. The summed E-state index contributed by atoms with van der Waals surface area (Å²) in [5.41, 5.74) is 1.07. The Labute approximate surface area is 115 Å². The van der Waals surface area contributed by atoms with Crippen LogP contribution in [0.25, 0.3) is 0 Å². The van der Waals surface area contributed by atoms with Crippen LogP contribution >= 0.6 is 0 Å². The average Bonchev–Trinajstić information content (AvgIpc) is 2.67. The zero-order valence-corrected chi connectivity index (χ0v) is 12.2. The third kappa shape index (κ3) is 4.21. The Morgan fingerprint density at radius 2 is 2.11 bits per heavy atom. The van der Waals surface area contributed by atoms with E-state index in [-0.39, 0.29) is 17.6 Å². The van der Waals surface area contributed by atoms with E-state index in [1.54, 1.807) is 0 Å². The van der Waals surface area contributed by atoms with Gasteiger partial charge in [0.15, 0.2) is 9.84 Å². The van der Waals surface area contributed by atoms with Gasteiger partial charge in [0, 0.05) is 18.2 Å². The van der Waals surface area contributed by atoms with Crippen LogP contribution in [0, 0.1) is 0 Å². The third-order valence-corrected chi connectivity index (χ3v) is 4.90. The monoisotopic (exact) mass is 283 g/mol. The Morgan fingerprint density at radius 1 is 1.37 bits per heavy atom. The molecule has 1 heterocycles. The lowest BCUT2D eigenvalue weighted by atomic mass is 10.2. The van der Waals surface area contributed by atoms with Crippen LogP contribution in [0.2, 0.25) is 0 Å². The van der Waals surface area contributed by atoms with Gasteiger partial charge >= 0.3 is 0 Å². The third-order valence-electron chi connectivity index (χ3n) is 3.16. The van der Waals surface area contributed by atoms with Crippen molar-refractivity contribution in [3.05, 3.63) is 29.8 Å². The zero-order valence-electron chi connectivity index (χ0n) is 11.4. The van der Waals surface area contributed by atoms with E-state index in [0.29, 0.717) is 12.5 Å². The molecule has 0 aliphatic carbocycles. The van der Waals surface area contributed by atoms with Gasteiger partial charge in [-0.3, -0.25) is 0 Å². The van der Waals surface area contributed by atoms with Crippen molar-refractivity contribution in [1.29, 1.82) is 0 Å². The molecule has 1 N–H and O–H groups in total. The molecule has 19 heavy (non-hydrogen) atoms. The van der Waals surface area contributed by atoms with E-state index in [1.165, 1.54) is 0 Å². The average molecular weight is 283 g/mol. The molecule has 1 atom stereocenters. The molecule has 0 aromatic heterocycles. The highest BCUT2D eigenvalue weighted by Crippen LogP contribution is 2.23. The van der Waals surface area contributed by atoms with Crippen molar-refractivity contribution < 1.29 is 13.2 Å². The molecule has 106 valence electrons. The molecule has 0 saturated carbocycles. The maximum atomic E-state index is 11.4. The predicted octanol–water partition coefficient (Wildman–Crippen LogP) is 1.75. The van der Waals surface area contributed by atoms with Gasteiger partial charge in [0.05, 0.1) is 11.5 Å². The fourth-order valence-electron chi connectivity index (χ4n) is 2.11. The van der Waals surface area contributed by atoms with E-state index in [2.05, 4.69) is 19.2 Å². The summed E-state index contributed by atoms with van der Waals surface area (Å²) in [7, 11) is -2.89. The Kier molecular flexibility index (Phi) is 4.47. The van der Waals surface area contributed by atoms with E-state index in [9.17, 15) is 8.42 Å². The molecule has 1 fully saturated rings. The molecule has 1 unspecified atom stereocenters. The Morgan fingerprint density at radius 3 is 2.74 bits per heavy atom. The minimum Gasteiger partial charge on any atom is -0.489 e. The van der Waals surface area contributed by atoms with Crippen molar-refractivity contribution in [2.75, 3.05) is 11.5 Å². The lowest BCUT2D eigenvalue weighted by Gasteiger charge is -2.17. The van der Waals surface area contributed by atoms with Crippen molar-refractivity contribution in [2.24, 2.45) is 0 Å². The van der Waals surface area contributed by atoms with Crippen LogP contribution in [-0.2, 0) is 16.4 Å². The second-order valence-corrected chi connectivity index (χ2v) is 7.51. The van der Waals surface area contributed by atoms with Crippen molar-refractivity contribution in [1.82, 2.24) is 5.32 Å². The molecule has 0 amide bonds. The van der Waals surface area contributed by atoms with E-state index >= 15 is 0 Å². The van der Waals surface area contributed by atoms with E-state index in [4.69, 9.17) is 4.74 Å². The van der Waals surface area contributed by atoms with Crippen LogP contribution in [0.1, 0.15) is 25.8 Å². The van der Waals surface area contributed by atoms with Crippen molar-refractivity contribution in [3.8, 4) is 5.75 Å². The van der Waals surface area contributed by atoms with E-state index in [1.807, 2.05) is 24.3 Å². The molecule has 2 rings (SSSR count). The van der Waals surface area contributed by atoms with Crippen molar-refractivity contribution in [3.63, 3.8) is 0 Å². The van der Waals surface area contributed by atoms with E-state index < -0.39 is 9.84 Å². The normalized spacial score (nSPS) is 21.7. The maximum absolute atomic E-state index is 11.4. The minimum atomic E-state index is -2.89. The summed E-state index contributed by atoms with van der Waals surface area (Å²) < 4.78 is 28.7. The standard InChI is InChI=1S/C14H21NO3S/c1-11(2)15-9-12-5-3-4-6-14(12)18-13-7-8-19(16,17)10-13/h3-6,11,13,15H,7-10H2,1-2H3. The lowest BCUT2D eigenvalue weighted by Crippen LogP contribution is -2.23. The second-order valence-electron chi connectivity index (χ2n) is 5.29. The van der Waals surface area contributed by atoms with Gasteiger partial charge in [0.25, 0.3) is 0 Å². The Hall–Kier alpha value is -1.07. The molecule has 1 aromatic carbocycles. The quantitative estimate of drug-likeness (QED) is 0.894. The molecule has 4 nitrogen and oxygen atoms in total. The first-order valence-electron chi connectivity index (χ1n) is 6.64. The highest BCUT2D eigenvalue weighted by atomic mass is 32.2. The number of sulfone groups is 1. The number of hydrogen-bond acceptors (Lipinski definition) is 4. The van der Waals surface area contributed by atoms with Crippen molar-refractivity contribution >= 4 is 9.84 Å². The summed E-state index contributed by atoms with van der Waals surface area (Å²) in [5.74, 6) is 1.17. The summed E-state index contributed by atoms with van der Waals surface area (Å²) in [6.07, 6.45) is 0.388. The van der Waals surface area contributed by atoms with Gasteiger partial charge in [-0.1, -0.05) is 32.0 Å². The van der Waals surface area contributed by atoms with Gasteiger partial charge in [-0.15, -0.1) is 0 Å². The maximum Gasteiger partial charge on any atom is 0.154 e. The number of rotatable bonds is 5. The van der Waals surface area contributed by atoms with Gasteiger partial charge < -0.3 is 10.1 Å². The Balaban J connectivity index is 2.04. The number of para-hydroxylation sites is 1. The van der Waals surface area contributed by atoms with Crippen molar-refractivity contribution in [2.45, 2.75) is 39.0 Å². The molecule has 0 spiro atoms. The first-order chi connectivity index (χ1) is 8.96. The molecule has 0 bridgehead atoms. The topological polar surface area (TPSA) is 55.4 Å². The summed E-state index contributed by atoms with van der Waals surface area (Å²) >= 11 is 0.